The summed E-state index contributed by atoms with van der Waals surface area (Å²) in [6, 6.07) is 15.7. The van der Waals surface area contributed by atoms with Gasteiger partial charge in [0, 0.05) is 50.4 Å². The second kappa shape index (κ2) is 20.1. The molecule has 0 aromatic carbocycles. The predicted molar refractivity (Wildman–Crippen MR) is 180 cm³/mol. The fourth-order valence-corrected chi connectivity index (χ4v) is 4.48. The average molecular weight is 671 g/mol. The van der Waals surface area contributed by atoms with E-state index in [1.807, 2.05) is 72.8 Å². The van der Waals surface area contributed by atoms with E-state index in [2.05, 4.69) is 29.9 Å². The maximum Gasteiger partial charge on any atom is 3.00 e. The molecule has 0 aliphatic carbocycles. The number of allylic oxidation sites excluding steroid dienone is 6. The quantitative estimate of drug-likeness (QED) is 0.202. The fraction of sp³-hybridized carbons (Fsp3) is 0.162. The van der Waals surface area contributed by atoms with Gasteiger partial charge in [-0.05, 0) is 96.7 Å². The fourth-order valence-electron chi connectivity index (χ4n) is 4.48. The van der Waals surface area contributed by atoms with Gasteiger partial charge in [-0.2, -0.15) is 12.4 Å². The molecule has 4 aromatic rings. The summed E-state index contributed by atoms with van der Waals surface area (Å²) in [6.45, 7) is 4.70. The van der Waals surface area contributed by atoms with E-state index in [9.17, 15) is 9.90 Å². The third-order valence-corrected chi connectivity index (χ3v) is 6.41. The maximum atomic E-state index is 9.98. The summed E-state index contributed by atoms with van der Waals surface area (Å²) in [5.41, 5.74) is 8.01. The van der Waals surface area contributed by atoms with Gasteiger partial charge in [0.1, 0.15) is 0 Å². The molecule has 4 aromatic heterocycles. The molecule has 3 aliphatic heterocycles. The van der Waals surface area contributed by atoms with Gasteiger partial charge in [-0.25, -0.2) is 0 Å². The summed E-state index contributed by atoms with van der Waals surface area (Å²) >= 11 is 0. The van der Waals surface area contributed by atoms with Gasteiger partial charge in [-0.15, -0.1) is 17.1 Å². The summed E-state index contributed by atoms with van der Waals surface area (Å²) in [6.07, 6.45) is 25.7. The van der Waals surface area contributed by atoms with Crippen LogP contribution in [-0.4, -0.2) is 41.4 Å². The molecule has 9 nitrogen and oxygen atoms in total. The van der Waals surface area contributed by atoms with Crippen molar-refractivity contribution in [1.82, 2.24) is 19.9 Å². The minimum Gasteiger partial charge on any atom is -0.876 e. The molecule has 0 N–H and O–H groups in total. The average Bonchev–Trinajstić information content (AvgIpc) is 3.90. The van der Waals surface area contributed by atoms with Crippen molar-refractivity contribution in [1.29, 1.82) is 0 Å². The number of rotatable bonds is 5. The zero-order chi connectivity index (χ0) is 32.4. The monoisotopic (exact) mass is 670 g/mol. The van der Waals surface area contributed by atoms with E-state index in [1.165, 1.54) is 26.7 Å². The summed E-state index contributed by atoms with van der Waals surface area (Å²) in [5.74, 6) is -0.375. The molecular formula is C37H35CoN6O3. The number of ether oxygens (including phenoxy) is 1. The SMILES string of the molecule is C1=C/C(=C(\c2ccncc2)c2ccc[n-]2)N=C1.C1=C/C(=C(\c2ccncc2)c2ccc[n-]2)N=C1.C1CCOC1.CC(=O)/C=C(/C)[O-].[Co+3]. The van der Waals surface area contributed by atoms with Gasteiger partial charge in [0.2, 0.25) is 0 Å². The van der Waals surface area contributed by atoms with E-state index in [-0.39, 0.29) is 28.3 Å². The molecule has 240 valence electrons. The number of carbonyl (C=O) groups is 1. The molecule has 0 amide bonds. The van der Waals surface area contributed by atoms with Crippen LogP contribution in [0.1, 0.15) is 49.2 Å². The van der Waals surface area contributed by atoms with Crippen LogP contribution in [0.3, 0.4) is 0 Å². The largest absolute Gasteiger partial charge is 3.00 e. The third kappa shape index (κ3) is 11.9. The van der Waals surface area contributed by atoms with Crippen molar-refractivity contribution in [2.75, 3.05) is 13.2 Å². The zero-order valence-corrected chi connectivity index (χ0v) is 27.2. The Bertz CT molecular complexity index is 1580. The second-order valence-corrected chi connectivity index (χ2v) is 10.00. The molecular weight excluding hydrogens is 635 g/mol. The van der Waals surface area contributed by atoms with Gasteiger partial charge in [-0.3, -0.25) is 24.7 Å². The number of hydrogen-bond acceptors (Lipinski definition) is 7. The topological polar surface area (TPSA) is 128 Å². The Morgan fingerprint density at radius 3 is 1.45 bits per heavy atom. The number of aromatic nitrogens is 4. The van der Waals surface area contributed by atoms with Crippen LogP contribution in [0.2, 0.25) is 0 Å². The van der Waals surface area contributed by atoms with Crippen molar-refractivity contribution in [2.24, 2.45) is 9.98 Å². The van der Waals surface area contributed by atoms with Gasteiger partial charge >= 0.3 is 16.8 Å². The van der Waals surface area contributed by atoms with Crippen molar-refractivity contribution in [2.45, 2.75) is 26.7 Å². The Labute approximate surface area is 285 Å². The Hall–Kier alpha value is -5.16. The number of pyridine rings is 2. The first-order valence-corrected chi connectivity index (χ1v) is 14.8. The van der Waals surface area contributed by atoms with Crippen LogP contribution in [0.15, 0.2) is 143 Å². The number of carbonyl (C=O) groups excluding carboxylic acids is 1. The molecule has 47 heavy (non-hydrogen) atoms. The van der Waals surface area contributed by atoms with E-state index < -0.39 is 0 Å². The first-order valence-electron chi connectivity index (χ1n) is 14.8. The van der Waals surface area contributed by atoms with Crippen molar-refractivity contribution in [3.63, 3.8) is 0 Å². The van der Waals surface area contributed by atoms with Gasteiger partial charge in [-0.1, -0.05) is 31.2 Å². The van der Waals surface area contributed by atoms with Gasteiger partial charge < -0.3 is 19.8 Å². The van der Waals surface area contributed by atoms with Crippen LogP contribution in [0.25, 0.3) is 11.1 Å². The van der Waals surface area contributed by atoms with Crippen LogP contribution < -0.4 is 15.1 Å². The number of aliphatic imine (C=N–C) groups is 2. The second-order valence-electron chi connectivity index (χ2n) is 10.00. The van der Waals surface area contributed by atoms with Crippen molar-refractivity contribution in [3.05, 3.63) is 156 Å². The van der Waals surface area contributed by atoms with Crippen molar-refractivity contribution < 1.29 is 31.4 Å². The molecule has 1 fully saturated rings. The molecule has 0 bridgehead atoms. The molecule has 0 unspecified atom stereocenters. The standard InChI is InChI=1S/2C14H10N3.C5H8O2.C4H8O.Co/c2*1-3-12(16-7-1)14(13-4-2-8-17-13)11-5-9-15-10-6-11;1-4(6)3-5(2)7;1-2-4-5-3-1;/h2*1-10H;3,6H,1-2H3;1-4H2;/q2*-1;;;+3/p-1/b2*14-12-;4-3-;;. The minimum atomic E-state index is -0.187. The molecule has 0 saturated carbocycles. The van der Waals surface area contributed by atoms with Crippen LogP contribution >= 0.6 is 0 Å². The smallest absolute Gasteiger partial charge is 0.876 e. The molecule has 10 heteroatoms. The zero-order valence-electron chi connectivity index (χ0n) is 26.2. The summed E-state index contributed by atoms with van der Waals surface area (Å²) in [7, 11) is 0. The maximum absolute atomic E-state index is 9.98. The Kier molecular flexibility index (Phi) is 15.5. The van der Waals surface area contributed by atoms with Crippen LogP contribution in [-0.2, 0) is 26.3 Å². The van der Waals surface area contributed by atoms with E-state index in [0.717, 1.165) is 64.3 Å². The number of ketones is 1. The molecule has 0 spiro atoms. The van der Waals surface area contributed by atoms with E-state index >= 15 is 0 Å². The van der Waals surface area contributed by atoms with Crippen molar-refractivity contribution in [3.8, 4) is 0 Å². The van der Waals surface area contributed by atoms with E-state index in [1.54, 1.807) is 49.6 Å². The minimum absolute atomic E-state index is 0. The normalized spacial score (nSPS) is 16.2. The third-order valence-electron chi connectivity index (χ3n) is 6.41. The molecule has 0 radical (unpaired) electrons. The summed E-state index contributed by atoms with van der Waals surface area (Å²) < 4.78 is 4.94. The molecule has 0 atom stereocenters. The number of nitrogens with zero attached hydrogens (tertiary/aromatic N) is 6. The van der Waals surface area contributed by atoms with Crippen molar-refractivity contribution >= 4 is 29.4 Å². The summed E-state index contributed by atoms with van der Waals surface area (Å²) in [4.78, 5) is 35.5. The first-order chi connectivity index (χ1) is 22.5. The molecule has 3 aliphatic rings. The predicted octanol–water partition coefficient (Wildman–Crippen LogP) is 5.51. The summed E-state index contributed by atoms with van der Waals surface area (Å²) in [5, 5.41) is 9.98. The van der Waals surface area contributed by atoms with E-state index in [0.29, 0.717) is 0 Å². The molecule has 7 rings (SSSR count). The van der Waals surface area contributed by atoms with Gasteiger partial charge in [0.15, 0.2) is 5.78 Å². The number of hydrogen-bond donors (Lipinski definition) is 0. The Morgan fingerprint density at radius 2 is 1.19 bits per heavy atom. The van der Waals surface area contributed by atoms with Crippen LogP contribution in [0.5, 0.6) is 0 Å². The molecule has 1 saturated heterocycles. The van der Waals surface area contributed by atoms with E-state index in [4.69, 9.17) is 4.74 Å². The first kappa shape index (κ1) is 36.3. The van der Waals surface area contributed by atoms with Crippen LogP contribution in [0, 0.1) is 0 Å². The van der Waals surface area contributed by atoms with Gasteiger partial charge in [0.25, 0.3) is 0 Å². The molecule has 7 heterocycles. The van der Waals surface area contributed by atoms with Crippen LogP contribution in [0.4, 0.5) is 0 Å². The van der Waals surface area contributed by atoms with Gasteiger partial charge in [0.05, 0.1) is 11.4 Å². The Balaban J connectivity index is 0.000000188. The Morgan fingerprint density at radius 1 is 0.745 bits per heavy atom.